The third-order valence-corrected chi connectivity index (χ3v) is 3.10. The van der Waals surface area contributed by atoms with Gasteiger partial charge in [-0.15, -0.1) is 0 Å². The standard InChI is InChI=1S/C15H14ClN3O/c1-10-5-13(20-2)7-12(19-10)9-18-15-6-11(8-17)3-4-14(15)16/h3-7,18H,9H2,1-2H3. The molecule has 0 spiro atoms. The quantitative estimate of drug-likeness (QED) is 0.934. The molecule has 1 aromatic carbocycles. The highest BCUT2D eigenvalue weighted by Gasteiger charge is 2.04. The lowest BCUT2D eigenvalue weighted by molar-refractivity contribution is 0.413. The van der Waals surface area contributed by atoms with Gasteiger partial charge in [-0.05, 0) is 25.1 Å². The molecule has 0 bridgehead atoms. The van der Waals surface area contributed by atoms with Crippen LogP contribution in [0.3, 0.4) is 0 Å². The number of halogens is 1. The molecule has 0 saturated heterocycles. The van der Waals surface area contributed by atoms with Crippen molar-refractivity contribution in [2.45, 2.75) is 13.5 Å². The molecule has 102 valence electrons. The highest BCUT2D eigenvalue weighted by atomic mass is 35.5. The van der Waals surface area contributed by atoms with Crippen molar-refractivity contribution >= 4 is 17.3 Å². The number of pyridine rings is 1. The molecule has 2 rings (SSSR count). The highest BCUT2D eigenvalue weighted by Crippen LogP contribution is 2.23. The van der Waals surface area contributed by atoms with Gasteiger partial charge in [-0.1, -0.05) is 11.6 Å². The van der Waals surface area contributed by atoms with Gasteiger partial charge in [0.05, 0.1) is 41.7 Å². The van der Waals surface area contributed by atoms with Crippen LogP contribution in [0.15, 0.2) is 30.3 Å². The number of anilines is 1. The van der Waals surface area contributed by atoms with Crippen LogP contribution in [0.25, 0.3) is 0 Å². The van der Waals surface area contributed by atoms with Crippen molar-refractivity contribution in [3.8, 4) is 11.8 Å². The molecule has 20 heavy (non-hydrogen) atoms. The Morgan fingerprint density at radius 2 is 2.15 bits per heavy atom. The molecule has 5 heteroatoms. The summed E-state index contributed by atoms with van der Waals surface area (Å²) < 4.78 is 5.21. The van der Waals surface area contributed by atoms with Crippen LogP contribution in [0.2, 0.25) is 5.02 Å². The fraction of sp³-hybridized carbons (Fsp3) is 0.200. The maximum Gasteiger partial charge on any atom is 0.122 e. The molecule has 0 fully saturated rings. The molecule has 1 N–H and O–H groups in total. The monoisotopic (exact) mass is 287 g/mol. The Morgan fingerprint density at radius 3 is 2.85 bits per heavy atom. The topological polar surface area (TPSA) is 57.9 Å². The number of benzene rings is 1. The Balaban J connectivity index is 2.16. The summed E-state index contributed by atoms with van der Waals surface area (Å²) in [4.78, 5) is 4.42. The number of rotatable bonds is 4. The Morgan fingerprint density at radius 1 is 1.35 bits per heavy atom. The van der Waals surface area contributed by atoms with Gasteiger partial charge in [0.15, 0.2) is 0 Å². The zero-order chi connectivity index (χ0) is 14.5. The molecule has 1 aromatic heterocycles. The van der Waals surface area contributed by atoms with Crippen molar-refractivity contribution < 1.29 is 4.74 Å². The molecule has 0 aliphatic rings. The molecule has 0 atom stereocenters. The molecule has 0 amide bonds. The largest absolute Gasteiger partial charge is 0.497 e. The van der Waals surface area contributed by atoms with Crippen LogP contribution in [0, 0.1) is 18.3 Å². The Labute approximate surface area is 123 Å². The Kier molecular flexibility index (Phi) is 4.44. The molecule has 0 unspecified atom stereocenters. The molecule has 0 radical (unpaired) electrons. The third-order valence-electron chi connectivity index (χ3n) is 2.77. The number of hydrogen-bond acceptors (Lipinski definition) is 4. The molecule has 0 aliphatic carbocycles. The van der Waals surface area contributed by atoms with Crippen LogP contribution in [0.5, 0.6) is 5.75 Å². The molecule has 1 heterocycles. The van der Waals surface area contributed by atoms with Gasteiger partial charge >= 0.3 is 0 Å². The van der Waals surface area contributed by atoms with Gasteiger partial charge in [-0.2, -0.15) is 5.26 Å². The fourth-order valence-corrected chi connectivity index (χ4v) is 2.01. The van der Waals surface area contributed by atoms with E-state index in [1.165, 1.54) is 0 Å². The van der Waals surface area contributed by atoms with Gasteiger partial charge in [-0.3, -0.25) is 4.98 Å². The maximum absolute atomic E-state index is 8.89. The van der Waals surface area contributed by atoms with Crippen molar-refractivity contribution in [1.82, 2.24) is 4.98 Å². The van der Waals surface area contributed by atoms with E-state index in [0.717, 1.165) is 17.1 Å². The number of nitrogens with zero attached hydrogens (tertiary/aromatic N) is 2. The lowest BCUT2D eigenvalue weighted by atomic mass is 10.2. The smallest absolute Gasteiger partial charge is 0.122 e. The lowest BCUT2D eigenvalue weighted by Crippen LogP contribution is -2.04. The van der Waals surface area contributed by atoms with Crippen molar-refractivity contribution in [2.75, 3.05) is 12.4 Å². The summed E-state index contributed by atoms with van der Waals surface area (Å²) in [6.07, 6.45) is 0. The second-order valence-corrected chi connectivity index (χ2v) is 4.71. The predicted molar refractivity (Wildman–Crippen MR) is 79.0 cm³/mol. The average Bonchev–Trinajstić information content (AvgIpc) is 2.45. The molecular weight excluding hydrogens is 274 g/mol. The number of nitriles is 1. The first-order valence-electron chi connectivity index (χ1n) is 6.07. The Hall–Kier alpha value is -2.25. The molecule has 0 saturated carbocycles. The van der Waals surface area contributed by atoms with Gasteiger partial charge in [0.2, 0.25) is 0 Å². The molecule has 4 nitrogen and oxygen atoms in total. The van der Waals surface area contributed by atoms with Crippen molar-refractivity contribution in [2.24, 2.45) is 0 Å². The molecule has 0 aliphatic heterocycles. The first-order valence-corrected chi connectivity index (χ1v) is 6.45. The van der Waals surface area contributed by atoms with Crippen molar-refractivity contribution in [1.29, 1.82) is 5.26 Å². The number of nitrogens with one attached hydrogen (secondary N) is 1. The minimum absolute atomic E-state index is 0.507. The zero-order valence-corrected chi connectivity index (χ0v) is 12.0. The SMILES string of the molecule is COc1cc(C)nc(CNc2cc(C#N)ccc2Cl)c1. The Bertz CT molecular complexity index is 665. The fourth-order valence-electron chi connectivity index (χ4n) is 1.83. The number of methoxy groups -OCH3 is 1. The van der Waals surface area contributed by atoms with Crippen LogP contribution in [-0.4, -0.2) is 12.1 Å². The zero-order valence-electron chi connectivity index (χ0n) is 11.3. The highest BCUT2D eigenvalue weighted by molar-refractivity contribution is 6.33. The normalized spacial score (nSPS) is 9.90. The van der Waals surface area contributed by atoms with Gasteiger partial charge < -0.3 is 10.1 Å². The molecule has 2 aromatic rings. The maximum atomic E-state index is 8.89. The summed E-state index contributed by atoms with van der Waals surface area (Å²) in [6.45, 7) is 2.42. The van der Waals surface area contributed by atoms with Crippen LogP contribution >= 0.6 is 11.6 Å². The van der Waals surface area contributed by atoms with E-state index in [9.17, 15) is 0 Å². The number of ether oxygens (including phenoxy) is 1. The van der Waals surface area contributed by atoms with E-state index in [2.05, 4.69) is 16.4 Å². The number of hydrogen-bond donors (Lipinski definition) is 1. The number of aromatic nitrogens is 1. The van der Waals surface area contributed by atoms with E-state index in [4.69, 9.17) is 21.6 Å². The second-order valence-electron chi connectivity index (χ2n) is 4.30. The lowest BCUT2D eigenvalue weighted by Gasteiger charge is -2.10. The van der Waals surface area contributed by atoms with E-state index >= 15 is 0 Å². The summed E-state index contributed by atoms with van der Waals surface area (Å²) in [5, 5.41) is 12.6. The number of aryl methyl sites for hydroxylation is 1. The van der Waals surface area contributed by atoms with Crippen LogP contribution in [0.4, 0.5) is 5.69 Å². The van der Waals surface area contributed by atoms with Gasteiger partial charge in [0.25, 0.3) is 0 Å². The van der Waals surface area contributed by atoms with Crippen LogP contribution in [0.1, 0.15) is 17.0 Å². The average molecular weight is 288 g/mol. The minimum atomic E-state index is 0.507. The van der Waals surface area contributed by atoms with E-state index in [-0.39, 0.29) is 0 Å². The van der Waals surface area contributed by atoms with Gasteiger partial charge in [-0.25, -0.2) is 0 Å². The van der Waals surface area contributed by atoms with E-state index in [1.54, 1.807) is 25.3 Å². The van der Waals surface area contributed by atoms with Crippen molar-refractivity contribution in [3.05, 3.63) is 52.3 Å². The van der Waals surface area contributed by atoms with Crippen molar-refractivity contribution in [3.63, 3.8) is 0 Å². The summed E-state index contributed by atoms with van der Waals surface area (Å²) in [5.41, 5.74) is 3.01. The van der Waals surface area contributed by atoms with Crippen LogP contribution < -0.4 is 10.1 Å². The second kappa shape index (κ2) is 6.27. The minimum Gasteiger partial charge on any atom is -0.497 e. The van der Waals surface area contributed by atoms with E-state index < -0.39 is 0 Å². The summed E-state index contributed by atoms with van der Waals surface area (Å²) >= 11 is 6.09. The first kappa shape index (κ1) is 14.2. The first-order chi connectivity index (χ1) is 9.62. The summed E-state index contributed by atoms with van der Waals surface area (Å²) in [5.74, 6) is 0.770. The van der Waals surface area contributed by atoms with Gasteiger partial charge in [0, 0.05) is 17.8 Å². The summed E-state index contributed by atoms with van der Waals surface area (Å²) in [7, 11) is 1.62. The predicted octanol–water partition coefficient (Wildman–Crippen LogP) is 3.54. The summed E-state index contributed by atoms with van der Waals surface area (Å²) in [6, 6.07) is 10.9. The van der Waals surface area contributed by atoms with E-state index in [0.29, 0.717) is 22.8 Å². The van der Waals surface area contributed by atoms with E-state index in [1.807, 2.05) is 19.1 Å². The van der Waals surface area contributed by atoms with Crippen LogP contribution in [-0.2, 0) is 6.54 Å². The third kappa shape index (κ3) is 3.40. The molecular formula is C15H14ClN3O. The van der Waals surface area contributed by atoms with Gasteiger partial charge in [0.1, 0.15) is 5.75 Å².